The number of nitrogens with zero attached hydrogens (tertiary/aromatic N) is 1. The molecule has 0 saturated carbocycles. The number of carbonyl (C=O) groups is 1. The van der Waals surface area contributed by atoms with E-state index in [2.05, 4.69) is 20.9 Å². The van der Waals surface area contributed by atoms with Crippen molar-refractivity contribution in [2.75, 3.05) is 19.7 Å². The summed E-state index contributed by atoms with van der Waals surface area (Å²) in [5.41, 5.74) is 1.56. The van der Waals surface area contributed by atoms with Gasteiger partial charge in [-0.25, -0.2) is 0 Å². The number of aliphatic hydroxyl groups excluding tert-OH is 1. The van der Waals surface area contributed by atoms with Crippen molar-refractivity contribution in [2.24, 2.45) is 5.92 Å². The number of halogens is 1. The quantitative estimate of drug-likeness (QED) is 0.885. The number of amides is 1. The van der Waals surface area contributed by atoms with Crippen LogP contribution in [0, 0.1) is 5.92 Å². The second-order valence-corrected chi connectivity index (χ2v) is 6.09. The number of aromatic amines is 1. The summed E-state index contributed by atoms with van der Waals surface area (Å²) in [6.45, 7) is 1.55. The predicted molar refractivity (Wildman–Crippen MR) is 81.7 cm³/mol. The maximum Gasteiger partial charge on any atom is 0.271 e. The van der Waals surface area contributed by atoms with Crippen LogP contribution in [-0.2, 0) is 0 Å². The summed E-state index contributed by atoms with van der Waals surface area (Å²) in [6.07, 6.45) is 1.95. The van der Waals surface area contributed by atoms with Crippen molar-refractivity contribution < 1.29 is 9.90 Å². The third-order valence-corrected chi connectivity index (χ3v) is 4.74. The third-order valence-electron chi connectivity index (χ3n) is 3.92. The number of benzene rings is 1. The Morgan fingerprint density at radius 3 is 3.00 bits per heavy atom. The fourth-order valence-electron chi connectivity index (χ4n) is 2.81. The fraction of sp³-hybridized carbons (Fsp3) is 0.400. The number of aliphatic hydroxyl groups is 1. The lowest BCUT2D eigenvalue weighted by Crippen LogP contribution is -2.41. The number of piperidine rings is 1. The molecule has 1 aromatic heterocycles. The minimum Gasteiger partial charge on any atom is -0.396 e. The van der Waals surface area contributed by atoms with E-state index in [1.54, 1.807) is 0 Å². The Balaban J connectivity index is 1.90. The molecule has 4 nitrogen and oxygen atoms in total. The van der Waals surface area contributed by atoms with Crippen molar-refractivity contribution >= 4 is 32.7 Å². The predicted octanol–water partition coefficient (Wildman–Crippen LogP) is 2.77. The molecular weight excluding hydrogens is 320 g/mol. The van der Waals surface area contributed by atoms with Gasteiger partial charge in [0.1, 0.15) is 5.69 Å². The molecule has 1 aliphatic heterocycles. The molecule has 0 radical (unpaired) electrons. The highest BCUT2D eigenvalue weighted by Gasteiger charge is 2.26. The number of fused-ring (bicyclic) bond motifs is 1. The van der Waals surface area contributed by atoms with E-state index in [4.69, 9.17) is 0 Å². The minimum atomic E-state index is 0.00576. The Kier molecular flexibility index (Phi) is 3.81. The average molecular weight is 337 g/mol. The molecule has 3 rings (SSSR count). The van der Waals surface area contributed by atoms with Gasteiger partial charge in [-0.05, 0) is 40.8 Å². The summed E-state index contributed by atoms with van der Waals surface area (Å²) in [4.78, 5) is 17.7. The molecule has 1 atom stereocenters. The van der Waals surface area contributed by atoms with Gasteiger partial charge in [0, 0.05) is 30.6 Å². The van der Waals surface area contributed by atoms with E-state index in [1.165, 1.54) is 0 Å². The van der Waals surface area contributed by atoms with Crippen molar-refractivity contribution in [3.05, 3.63) is 34.4 Å². The van der Waals surface area contributed by atoms with Gasteiger partial charge in [-0.1, -0.05) is 18.2 Å². The molecule has 2 heterocycles. The molecule has 2 aromatic rings. The highest BCUT2D eigenvalue weighted by atomic mass is 79.9. The first kappa shape index (κ1) is 13.6. The van der Waals surface area contributed by atoms with Crippen molar-refractivity contribution in [1.82, 2.24) is 9.88 Å². The SMILES string of the molecule is O=C(c1[nH]c2ccccc2c1Br)N1CCCC(CO)C1. The third kappa shape index (κ3) is 2.36. The number of nitrogens with one attached hydrogen (secondary N) is 1. The maximum absolute atomic E-state index is 12.6. The smallest absolute Gasteiger partial charge is 0.271 e. The van der Waals surface area contributed by atoms with Crippen LogP contribution in [-0.4, -0.2) is 40.6 Å². The van der Waals surface area contributed by atoms with Gasteiger partial charge in [-0.15, -0.1) is 0 Å². The summed E-state index contributed by atoms with van der Waals surface area (Å²) in [5, 5.41) is 10.3. The number of hydrogen-bond donors (Lipinski definition) is 2. The number of hydrogen-bond acceptors (Lipinski definition) is 2. The van der Waals surface area contributed by atoms with Crippen LogP contribution in [0.25, 0.3) is 10.9 Å². The van der Waals surface area contributed by atoms with E-state index >= 15 is 0 Å². The second-order valence-electron chi connectivity index (χ2n) is 5.30. The molecule has 1 unspecified atom stereocenters. The van der Waals surface area contributed by atoms with Crippen molar-refractivity contribution in [1.29, 1.82) is 0 Å². The highest BCUT2D eigenvalue weighted by molar-refractivity contribution is 9.10. The largest absolute Gasteiger partial charge is 0.396 e. The molecule has 0 bridgehead atoms. The Hall–Kier alpha value is -1.33. The molecule has 5 heteroatoms. The van der Waals surface area contributed by atoms with Gasteiger partial charge in [-0.2, -0.15) is 0 Å². The number of H-pyrrole nitrogens is 1. The van der Waals surface area contributed by atoms with Crippen molar-refractivity contribution in [3.8, 4) is 0 Å². The maximum atomic E-state index is 12.6. The van der Waals surface area contributed by atoms with Gasteiger partial charge in [0.05, 0.1) is 4.47 Å². The van der Waals surface area contributed by atoms with E-state index in [0.717, 1.165) is 34.8 Å². The zero-order valence-electron chi connectivity index (χ0n) is 11.1. The van der Waals surface area contributed by atoms with Crippen LogP contribution in [0.15, 0.2) is 28.7 Å². The van der Waals surface area contributed by atoms with E-state index in [-0.39, 0.29) is 18.4 Å². The first-order valence-electron chi connectivity index (χ1n) is 6.87. The number of para-hydroxylation sites is 1. The van der Waals surface area contributed by atoms with Gasteiger partial charge < -0.3 is 15.0 Å². The Morgan fingerprint density at radius 1 is 1.45 bits per heavy atom. The lowest BCUT2D eigenvalue weighted by atomic mass is 9.99. The van der Waals surface area contributed by atoms with Crippen LogP contribution < -0.4 is 0 Å². The Labute approximate surface area is 125 Å². The monoisotopic (exact) mass is 336 g/mol. The summed E-state index contributed by atoms with van der Waals surface area (Å²) < 4.78 is 0.823. The van der Waals surface area contributed by atoms with Crippen LogP contribution in [0.5, 0.6) is 0 Å². The summed E-state index contributed by atoms with van der Waals surface area (Å²) in [5.74, 6) is 0.210. The van der Waals surface area contributed by atoms with Gasteiger partial charge in [-0.3, -0.25) is 4.79 Å². The molecule has 0 aliphatic carbocycles. The first-order valence-corrected chi connectivity index (χ1v) is 7.66. The topological polar surface area (TPSA) is 56.3 Å². The normalized spacial score (nSPS) is 19.5. The lowest BCUT2D eigenvalue weighted by Gasteiger charge is -2.31. The molecule has 20 heavy (non-hydrogen) atoms. The Morgan fingerprint density at radius 2 is 2.25 bits per heavy atom. The number of carbonyl (C=O) groups excluding carboxylic acids is 1. The van der Waals surface area contributed by atoms with Crippen LogP contribution in [0.3, 0.4) is 0 Å². The molecular formula is C15H17BrN2O2. The van der Waals surface area contributed by atoms with Crippen molar-refractivity contribution in [3.63, 3.8) is 0 Å². The summed E-state index contributed by atoms with van der Waals surface area (Å²) in [6, 6.07) is 7.85. The van der Waals surface area contributed by atoms with Crippen LogP contribution in [0.4, 0.5) is 0 Å². The van der Waals surface area contributed by atoms with E-state index in [1.807, 2.05) is 29.2 Å². The van der Waals surface area contributed by atoms with Crippen LogP contribution >= 0.6 is 15.9 Å². The minimum absolute atomic E-state index is 0.00576. The van der Waals surface area contributed by atoms with E-state index < -0.39 is 0 Å². The average Bonchev–Trinajstić information content (AvgIpc) is 2.84. The van der Waals surface area contributed by atoms with Gasteiger partial charge in [0.25, 0.3) is 5.91 Å². The zero-order valence-corrected chi connectivity index (χ0v) is 12.7. The van der Waals surface area contributed by atoms with Crippen LogP contribution in [0.1, 0.15) is 23.3 Å². The molecule has 106 valence electrons. The fourth-order valence-corrected chi connectivity index (χ4v) is 3.43. The number of likely N-dealkylation sites (tertiary alicyclic amines) is 1. The van der Waals surface area contributed by atoms with E-state index in [9.17, 15) is 9.90 Å². The van der Waals surface area contributed by atoms with Gasteiger partial charge in [0.2, 0.25) is 0 Å². The standard InChI is InChI=1S/C15H17BrN2O2/c16-13-11-5-1-2-6-12(11)17-14(13)15(20)18-7-3-4-10(8-18)9-19/h1-2,5-6,10,17,19H,3-4,7-9H2. The molecule has 2 N–H and O–H groups in total. The second kappa shape index (κ2) is 5.58. The summed E-state index contributed by atoms with van der Waals surface area (Å²) in [7, 11) is 0. The molecule has 1 aromatic carbocycles. The first-order chi connectivity index (χ1) is 9.70. The van der Waals surface area contributed by atoms with E-state index in [0.29, 0.717) is 12.2 Å². The van der Waals surface area contributed by atoms with Crippen molar-refractivity contribution in [2.45, 2.75) is 12.8 Å². The Bertz CT molecular complexity index is 638. The summed E-state index contributed by atoms with van der Waals surface area (Å²) >= 11 is 3.52. The van der Waals surface area contributed by atoms with Gasteiger partial charge >= 0.3 is 0 Å². The zero-order chi connectivity index (χ0) is 14.1. The highest BCUT2D eigenvalue weighted by Crippen LogP contribution is 2.29. The molecule has 1 amide bonds. The molecule has 1 fully saturated rings. The van der Waals surface area contributed by atoms with Crippen LogP contribution in [0.2, 0.25) is 0 Å². The molecule has 0 spiro atoms. The number of rotatable bonds is 2. The number of aromatic nitrogens is 1. The molecule has 1 saturated heterocycles. The molecule has 1 aliphatic rings. The lowest BCUT2D eigenvalue weighted by molar-refractivity contribution is 0.0615. The van der Waals surface area contributed by atoms with Gasteiger partial charge in [0.15, 0.2) is 0 Å².